The molecule has 14 heteroatoms. The molecule has 4 aromatic heterocycles. The highest BCUT2D eigenvalue weighted by atomic mass is 16.2. The van der Waals surface area contributed by atoms with Crippen molar-refractivity contribution in [1.29, 1.82) is 0 Å². The van der Waals surface area contributed by atoms with E-state index in [1.165, 1.54) is 0 Å². The molecule has 3 amide bonds. The number of fused-ring (bicyclic) bond motifs is 2. The number of aromatic nitrogens is 8. The van der Waals surface area contributed by atoms with Gasteiger partial charge in [-0.3, -0.25) is 34.4 Å². The van der Waals surface area contributed by atoms with Gasteiger partial charge in [-0.15, -0.1) is 0 Å². The first-order valence-corrected chi connectivity index (χ1v) is 15.6. The zero-order valence-electron chi connectivity index (χ0n) is 26.8. The summed E-state index contributed by atoms with van der Waals surface area (Å²) in [6, 6.07) is 16.3. The summed E-state index contributed by atoms with van der Waals surface area (Å²) < 4.78 is 7.26. The molecule has 2 aromatic carbocycles. The van der Waals surface area contributed by atoms with Crippen LogP contribution >= 0.6 is 0 Å². The zero-order chi connectivity index (χ0) is 33.2. The number of imidazole rings is 2. The number of primary amides is 1. The van der Waals surface area contributed by atoms with Crippen molar-refractivity contribution in [2.24, 2.45) is 5.73 Å². The van der Waals surface area contributed by atoms with Crippen molar-refractivity contribution in [2.75, 3.05) is 10.6 Å². The van der Waals surface area contributed by atoms with Crippen LogP contribution < -0.4 is 16.4 Å². The summed E-state index contributed by atoms with van der Waals surface area (Å²) in [5, 5.41) is 14.7. The lowest BCUT2D eigenvalue weighted by atomic mass is 10.2. The van der Waals surface area contributed by atoms with Crippen LogP contribution in [0.2, 0.25) is 0 Å². The predicted molar refractivity (Wildman–Crippen MR) is 185 cm³/mol. The number of carbonyl (C=O) groups excluding carboxylic acids is 3. The molecule has 4 N–H and O–H groups in total. The molecule has 250 valence electrons. The molecule has 0 saturated carbocycles. The third-order valence-electron chi connectivity index (χ3n) is 8.02. The molecule has 6 aromatic rings. The molecule has 48 heavy (non-hydrogen) atoms. The van der Waals surface area contributed by atoms with E-state index in [9.17, 15) is 14.4 Å². The molecule has 0 bridgehead atoms. The lowest BCUT2D eigenvalue weighted by Crippen LogP contribution is -2.20. The largest absolute Gasteiger partial charge is 0.366 e. The molecular formula is C34H41N11O3. The Morgan fingerprint density at radius 2 is 1.21 bits per heavy atom. The SMILES string of the molecule is C.CCn1nc(C)cc1C(=O)Nc1nc2ccccc2n1CCCCn1c(NC(=O)c2cc(C)nn2CC)nc2cc(C(N)=O)ccc21. The summed E-state index contributed by atoms with van der Waals surface area (Å²) in [7, 11) is 0. The molecule has 0 radical (unpaired) electrons. The van der Waals surface area contributed by atoms with Gasteiger partial charge in [0.15, 0.2) is 0 Å². The van der Waals surface area contributed by atoms with E-state index in [0.717, 1.165) is 34.4 Å². The summed E-state index contributed by atoms with van der Waals surface area (Å²) in [5.41, 5.74) is 11.3. The van der Waals surface area contributed by atoms with E-state index in [4.69, 9.17) is 10.7 Å². The number of anilines is 2. The molecular weight excluding hydrogens is 610 g/mol. The van der Waals surface area contributed by atoms with Crippen LogP contribution in [-0.4, -0.2) is 56.4 Å². The topological polar surface area (TPSA) is 173 Å². The van der Waals surface area contributed by atoms with E-state index in [-0.39, 0.29) is 19.2 Å². The highest BCUT2D eigenvalue weighted by molar-refractivity contribution is 6.04. The molecule has 14 nitrogen and oxygen atoms in total. The van der Waals surface area contributed by atoms with Crippen molar-refractivity contribution < 1.29 is 14.4 Å². The Hall–Kier alpha value is -5.79. The number of nitrogens with one attached hydrogen (secondary N) is 2. The van der Waals surface area contributed by atoms with Crippen molar-refractivity contribution >= 4 is 51.7 Å². The molecule has 0 saturated heterocycles. The van der Waals surface area contributed by atoms with E-state index in [2.05, 4.69) is 25.8 Å². The van der Waals surface area contributed by atoms with Crippen LogP contribution in [0.25, 0.3) is 22.1 Å². The Labute approximate surface area is 277 Å². The highest BCUT2D eigenvalue weighted by Crippen LogP contribution is 2.25. The quantitative estimate of drug-likeness (QED) is 0.153. The average molecular weight is 652 g/mol. The third kappa shape index (κ3) is 6.54. The summed E-state index contributed by atoms with van der Waals surface area (Å²) in [6.07, 6.45) is 1.43. The first kappa shape index (κ1) is 33.6. The van der Waals surface area contributed by atoms with Gasteiger partial charge < -0.3 is 14.9 Å². The minimum Gasteiger partial charge on any atom is -0.366 e. The minimum atomic E-state index is -0.556. The fourth-order valence-electron chi connectivity index (χ4n) is 5.81. The lowest BCUT2D eigenvalue weighted by Gasteiger charge is -2.13. The number of unbranched alkanes of at least 4 members (excludes halogenated alkanes) is 1. The number of aryl methyl sites for hydroxylation is 6. The van der Waals surface area contributed by atoms with Crippen LogP contribution in [0.3, 0.4) is 0 Å². The molecule has 4 heterocycles. The summed E-state index contributed by atoms with van der Waals surface area (Å²) in [4.78, 5) is 47.9. The van der Waals surface area contributed by atoms with Crippen molar-refractivity contribution in [3.05, 3.63) is 82.9 Å². The number of hydrogen-bond acceptors (Lipinski definition) is 7. The summed E-state index contributed by atoms with van der Waals surface area (Å²) in [6.45, 7) is 9.78. The van der Waals surface area contributed by atoms with Crippen LogP contribution in [0.5, 0.6) is 0 Å². The number of nitrogens with two attached hydrogens (primary N) is 1. The molecule has 0 atom stereocenters. The van der Waals surface area contributed by atoms with Gasteiger partial charge in [0.05, 0.1) is 33.5 Å². The second kappa shape index (κ2) is 13.9. The van der Waals surface area contributed by atoms with E-state index >= 15 is 0 Å². The Kier molecular flexibility index (Phi) is 9.73. The Balaban J connectivity index is 0.00000451. The first-order chi connectivity index (χ1) is 22.7. The van der Waals surface area contributed by atoms with E-state index in [0.29, 0.717) is 67.0 Å². The van der Waals surface area contributed by atoms with Crippen molar-refractivity contribution in [3.63, 3.8) is 0 Å². The third-order valence-corrected chi connectivity index (χ3v) is 8.02. The average Bonchev–Trinajstić information content (AvgIpc) is 3.81. The number of carbonyl (C=O) groups is 3. The molecule has 0 aliphatic heterocycles. The number of benzene rings is 2. The Bertz CT molecular complexity index is 2130. The molecule has 0 spiro atoms. The van der Waals surface area contributed by atoms with E-state index < -0.39 is 5.91 Å². The van der Waals surface area contributed by atoms with Gasteiger partial charge in [-0.05, 0) is 83.0 Å². The Morgan fingerprint density at radius 1 is 0.708 bits per heavy atom. The van der Waals surface area contributed by atoms with Gasteiger partial charge in [0.25, 0.3) is 11.8 Å². The molecule has 0 aliphatic rings. The fraction of sp³-hybridized carbons (Fsp3) is 0.324. The standard InChI is InChI=1S/C33H37N11O3.CH4/c1-5-43-27(17-20(3)39-43)30(46)37-32-35-23-11-7-8-12-25(23)41(32)15-9-10-16-42-26-14-13-22(29(34)45)19-24(26)36-33(42)38-31(47)28-18-21(4)40-44(28)6-2;/h7-8,11-14,17-19H,5-6,9-10,15-16H2,1-4H3,(H2,34,45)(H,35,37,46)(H,36,38,47);1H4. The second-order valence-electron chi connectivity index (χ2n) is 11.3. The van der Waals surface area contributed by atoms with Gasteiger partial charge >= 0.3 is 0 Å². The van der Waals surface area contributed by atoms with Crippen LogP contribution in [0, 0.1) is 13.8 Å². The summed E-state index contributed by atoms with van der Waals surface area (Å²) in [5.74, 6) is -0.343. The fourth-order valence-corrected chi connectivity index (χ4v) is 5.81. The number of nitrogens with zero attached hydrogens (tertiary/aromatic N) is 8. The number of hydrogen-bond donors (Lipinski definition) is 3. The van der Waals surface area contributed by atoms with Crippen molar-refractivity contribution in [1.82, 2.24) is 38.7 Å². The van der Waals surface area contributed by atoms with Gasteiger partial charge in [-0.2, -0.15) is 10.2 Å². The van der Waals surface area contributed by atoms with Crippen molar-refractivity contribution in [3.8, 4) is 0 Å². The van der Waals surface area contributed by atoms with Crippen molar-refractivity contribution in [2.45, 2.75) is 74.1 Å². The van der Waals surface area contributed by atoms with Crippen LogP contribution in [-0.2, 0) is 26.2 Å². The smallest absolute Gasteiger partial charge is 0.276 e. The van der Waals surface area contributed by atoms with Crippen LogP contribution in [0.15, 0.2) is 54.6 Å². The monoisotopic (exact) mass is 651 g/mol. The predicted octanol–water partition coefficient (Wildman–Crippen LogP) is 5.16. The highest BCUT2D eigenvalue weighted by Gasteiger charge is 2.20. The summed E-state index contributed by atoms with van der Waals surface area (Å²) >= 11 is 0. The zero-order valence-corrected chi connectivity index (χ0v) is 26.8. The van der Waals surface area contributed by atoms with Gasteiger partial charge in [0.2, 0.25) is 17.8 Å². The maximum Gasteiger partial charge on any atom is 0.276 e. The minimum absolute atomic E-state index is 0. The molecule has 0 aliphatic carbocycles. The molecule has 6 rings (SSSR count). The maximum absolute atomic E-state index is 13.3. The van der Waals surface area contributed by atoms with E-state index in [1.807, 2.05) is 61.1 Å². The van der Waals surface area contributed by atoms with E-state index in [1.54, 1.807) is 39.7 Å². The molecule has 0 fully saturated rings. The van der Waals surface area contributed by atoms with Gasteiger partial charge in [-0.1, -0.05) is 19.6 Å². The molecule has 0 unspecified atom stereocenters. The number of para-hydroxylation sites is 2. The normalized spacial score (nSPS) is 11.2. The maximum atomic E-state index is 13.3. The second-order valence-corrected chi connectivity index (χ2v) is 11.3. The van der Waals surface area contributed by atoms with Gasteiger partial charge in [0, 0.05) is 31.7 Å². The van der Waals surface area contributed by atoms with Crippen LogP contribution in [0.1, 0.15) is 76.8 Å². The van der Waals surface area contributed by atoms with Gasteiger partial charge in [0.1, 0.15) is 11.4 Å². The number of rotatable bonds is 12. The van der Waals surface area contributed by atoms with Gasteiger partial charge in [-0.25, -0.2) is 9.97 Å². The van der Waals surface area contributed by atoms with Crippen LogP contribution in [0.4, 0.5) is 11.9 Å². The Morgan fingerprint density at radius 3 is 1.73 bits per heavy atom. The number of amides is 3. The lowest BCUT2D eigenvalue weighted by molar-refractivity contribution is 0.0995. The first-order valence-electron chi connectivity index (χ1n) is 15.6.